The maximum atomic E-state index is 8.87. The molecule has 1 aliphatic rings. The van der Waals surface area contributed by atoms with Crippen molar-refractivity contribution in [3.8, 4) is 0 Å². The van der Waals surface area contributed by atoms with Crippen LogP contribution >= 0.6 is 0 Å². The van der Waals surface area contributed by atoms with Crippen molar-refractivity contribution < 1.29 is 9.84 Å². The molecule has 1 rings (SSSR count). The molecule has 0 amide bonds. The number of rotatable bonds is 3. The first-order chi connectivity index (χ1) is 5.53. The summed E-state index contributed by atoms with van der Waals surface area (Å²) in [6.07, 6.45) is 3.68. The standard InChI is InChI=1S/C10H20O2/c1-8(7-11)6-9-4-5-10(2,3)12-9/h8-9,11H,4-7H2,1-3H3. The zero-order valence-electron chi connectivity index (χ0n) is 8.34. The molecular formula is C10H20O2. The molecule has 0 spiro atoms. The van der Waals surface area contributed by atoms with Gasteiger partial charge in [-0.15, -0.1) is 0 Å². The molecule has 0 aromatic carbocycles. The van der Waals surface area contributed by atoms with Gasteiger partial charge >= 0.3 is 0 Å². The Morgan fingerprint density at radius 1 is 1.58 bits per heavy atom. The lowest BCUT2D eigenvalue weighted by atomic mass is 10.0. The summed E-state index contributed by atoms with van der Waals surface area (Å²) in [4.78, 5) is 0. The van der Waals surface area contributed by atoms with Gasteiger partial charge in [-0.1, -0.05) is 6.92 Å². The van der Waals surface area contributed by atoms with E-state index < -0.39 is 0 Å². The predicted octanol–water partition coefficient (Wildman–Crippen LogP) is 1.96. The molecule has 12 heavy (non-hydrogen) atoms. The highest BCUT2D eigenvalue weighted by atomic mass is 16.5. The van der Waals surface area contributed by atoms with E-state index in [2.05, 4.69) is 20.8 Å². The average molecular weight is 172 g/mol. The Labute approximate surface area is 74.9 Å². The van der Waals surface area contributed by atoms with Gasteiger partial charge in [0, 0.05) is 6.61 Å². The molecule has 1 aliphatic heterocycles. The van der Waals surface area contributed by atoms with Crippen LogP contribution in [-0.2, 0) is 4.74 Å². The SMILES string of the molecule is CC(CO)CC1CCC(C)(C)O1. The molecular weight excluding hydrogens is 152 g/mol. The van der Waals surface area contributed by atoms with Crippen molar-refractivity contribution in [3.63, 3.8) is 0 Å². The molecule has 1 N–H and O–H groups in total. The van der Waals surface area contributed by atoms with E-state index in [0.29, 0.717) is 12.0 Å². The van der Waals surface area contributed by atoms with E-state index in [9.17, 15) is 0 Å². The van der Waals surface area contributed by atoms with Crippen LogP contribution in [0, 0.1) is 5.92 Å². The molecule has 0 radical (unpaired) electrons. The van der Waals surface area contributed by atoms with E-state index in [0.717, 1.165) is 19.3 Å². The fraction of sp³-hybridized carbons (Fsp3) is 1.00. The van der Waals surface area contributed by atoms with Gasteiger partial charge in [-0.3, -0.25) is 0 Å². The highest BCUT2D eigenvalue weighted by Crippen LogP contribution is 2.32. The lowest BCUT2D eigenvalue weighted by molar-refractivity contribution is -0.0264. The van der Waals surface area contributed by atoms with Crippen LogP contribution in [0.4, 0.5) is 0 Å². The van der Waals surface area contributed by atoms with Gasteiger partial charge in [-0.2, -0.15) is 0 Å². The molecule has 2 unspecified atom stereocenters. The molecule has 72 valence electrons. The quantitative estimate of drug-likeness (QED) is 0.705. The summed E-state index contributed by atoms with van der Waals surface area (Å²) >= 11 is 0. The lowest BCUT2D eigenvalue weighted by Crippen LogP contribution is -2.21. The lowest BCUT2D eigenvalue weighted by Gasteiger charge is -2.20. The minimum absolute atomic E-state index is 0.0693. The van der Waals surface area contributed by atoms with Gasteiger partial charge in [0.25, 0.3) is 0 Å². The Kier molecular flexibility index (Phi) is 3.13. The summed E-state index contributed by atoms with van der Waals surface area (Å²) in [6, 6.07) is 0. The minimum Gasteiger partial charge on any atom is -0.396 e. The highest BCUT2D eigenvalue weighted by molar-refractivity contribution is 4.81. The summed E-state index contributed by atoms with van der Waals surface area (Å²) in [7, 11) is 0. The Hall–Kier alpha value is -0.0800. The second-order valence-electron chi connectivity index (χ2n) is 4.56. The smallest absolute Gasteiger partial charge is 0.0631 e. The Bertz CT molecular complexity index is 143. The molecule has 2 nitrogen and oxygen atoms in total. The maximum absolute atomic E-state index is 8.87. The van der Waals surface area contributed by atoms with Crippen LogP contribution in [0.25, 0.3) is 0 Å². The van der Waals surface area contributed by atoms with E-state index in [1.807, 2.05) is 0 Å². The van der Waals surface area contributed by atoms with Crippen molar-refractivity contribution >= 4 is 0 Å². The molecule has 0 saturated carbocycles. The van der Waals surface area contributed by atoms with Gasteiger partial charge in [0.1, 0.15) is 0 Å². The number of aliphatic hydroxyl groups is 1. The first-order valence-electron chi connectivity index (χ1n) is 4.82. The number of aliphatic hydroxyl groups excluding tert-OH is 1. The van der Waals surface area contributed by atoms with Crippen molar-refractivity contribution in [2.24, 2.45) is 5.92 Å². The van der Waals surface area contributed by atoms with Gasteiger partial charge in [0.05, 0.1) is 11.7 Å². The summed E-state index contributed by atoms with van der Waals surface area (Å²) in [5, 5.41) is 8.87. The van der Waals surface area contributed by atoms with Crippen LogP contribution < -0.4 is 0 Å². The average Bonchev–Trinajstić information content (AvgIpc) is 2.30. The van der Waals surface area contributed by atoms with Gasteiger partial charge in [0.15, 0.2) is 0 Å². The van der Waals surface area contributed by atoms with Crippen molar-refractivity contribution in [2.75, 3.05) is 6.61 Å². The molecule has 0 aromatic heterocycles. The third kappa shape index (κ3) is 2.76. The molecule has 0 aliphatic carbocycles. The zero-order chi connectivity index (χ0) is 9.19. The summed E-state index contributed by atoms with van der Waals surface area (Å²) < 4.78 is 5.81. The fourth-order valence-electron chi connectivity index (χ4n) is 1.77. The number of hydrogen-bond acceptors (Lipinski definition) is 2. The second kappa shape index (κ2) is 3.75. The first kappa shape index (κ1) is 10.0. The first-order valence-corrected chi connectivity index (χ1v) is 4.82. The molecule has 1 heterocycles. The van der Waals surface area contributed by atoms with Gasteiger partial charge in [-0.25, -0.2) is 0 Å². The van der Waals surface area contributed by atoms with Crippen LogP contribution in [0.5, 0.6) is 0 Å². The van der Waals surface area contributed by atoms with Crippen LogP contribution in [0.15, 0.2) is 0 Å². The van der Waals surface area contributed by atoms with E-state index in [1.165, 1.54) is 0 Å². The Morgan fingerprint density at radius 2 is 2.25 bits per heavy atom. The third-order valence-corrected chi connectivity index (χ3v) is 2.53. The van der Waals surface area contributed by atoms with E-state index in [1.54, 1.807) is 0 Å². The highest BCUT2D eigenvalue weighted by Gasteiger charge is 2.31. The van der Waals surface area contributed by atoms with Crippen molar-refractivity contribution in [1.82, 2.24) is 0 Å². The Morgan fingerprint density at radius 3 is 2.67 bits per heavy atom. The molecule has 1 fully saturated rings. The van der Waals surface area contributed by atoms with E-state index in [-0.39, 0.29) is 12.2 Å². The molecule has 0 bridgehead atoms. The van der Waals surface area contributed by atoms with E-state index >= 15 is 0 Å². The van der Waals surface area contributed by atoms with E-state index in [4.69, 9.17) is 9.84 Å². The number of hydrogen-bond donors (Lipinski definition) is 1. The Balaban J connectivity index is 2.28. The minimum atomic E-state index is 0.0693. The van der Waals surface area contributed by atoms with Crippen molar-refractivity contribution in [3.05, 3.63) is 0 Å². The van der Waals surface area contributed by atoms with Crippen LogP contribution in [0.2, 0.25) is 0 Å². The normalized spacial score (nSPS) is 30.5. The molecule has 2 atom stereocenters. The molecule has 2 heteroatoms. The zero-order valence-corrected chi connectivity index (χ0v) is 8.34. The monoisotopic (exact) mass is 172 g/mol. The van der Waals surface area contributed by atoms with Crippen LogP contribution in [0.1, 0.15) is 40.0 Å². The fourth-order valence-corrected chi connectivity index (χ4v) is 1.77. The van der Waals surface area contributed by atoms with Gasteiger partial charge < -0.3 is 9.84 Å². The third-order valence-electron chi connectivity index (χ3n) is 2.53. The summed E-state index contributed by atoms with van der Waals surface area (Å²) in [5.74, 6) is 0.379. The van der Waals surface area contributed by atoms with Crippen LogP contribution in [-0.4, -0.2) is 23.4 Å². The van der Waals surface area contributed by atoms with Gasteiger partial charge in [0.2, 0.25) is 0 Å². The largest absolute Gasteiger partial charge is 0.396 e. The molecule has 0 aromatic rings. The van der Waals surface area contributed by atoms with Crippen LogP contribution in [0.3, 0.4) is 0 Å². The maximum Gasteiger partial charge on any atom is 0.0631 e. The number of ether oxygens (including phenoxy) is 1. The summed E-state index contributed by atoms with van der Waals surface area (Å²) in [5.41, 5.74) is 0.0693. The predicted molar refractivity (Wildman–Crippen MR) is 49.1 cm³/mol. The molecule has 1 saturated heterocycles. The topological polar surface area (TPSA) is 29.5 Å². The van der Waals surface area contributed by atoms with Gasteiger partial charge in [-0.05, 0) is 39.0 Å². The second-order valence-corrected chi connectivity index (χ2v) is 4.56. The van der Waals surface area contributed by atoms with Crippen molar-refractivity contribution in [1.29, 1.82) is 0 Å². The summed E-state index contributed by atoms with van der Waals surface area (Å²) in [6.45, 7) is 6.61. The van der Waals surface area contributed by atoms with Crippen molar-refractivity contribution in [2.45, 2.75) is 51.7 Å².